The van der Waals surface area contributed by atoms with Gasteiger partial charge in [0.05, 0.1) is 6.04 Å². The predicted octanol–water partition coefficient (Wildman–Crippen LogP) is 3.26. The lowest BCUT2D eigenvalue weighted by molar-refractivity contribution is 0.636. The largest absolute Gasteiger partial charge is 0.378 e. The van der Waals surface area contributed by atoms with Crippen molar-refractivity contribution in [2.24, 2.45) is 5.84 Å². The van der Waals surface area contributed by atoms with Crippen molar-refractivity contribution in [3.63, 3.8) is 0 Å². The number of nitrogens with two attached hydrogens (primary N) is 1. The number of hydrazine groups is 1. The lowest BCUT2D eigenvalue weighted by atomic mass is 9.96. The summed E-state index contributed by atoms with van der Waals surface area (Å²) < 4.78 is 0. The standard InChI is InChI=1S/C18H25N3/c1-4-7-14-8-5-9-15(12-14)18(20-19)16-10-6-11-17(13-16)21(2)3/h5-6,8-13,18,20H,4,7,19H2,1-3H3. The number of aryl methyl sites for hydroxylation is 1. The Bertz CT molecular complexity index is 578. The molecule has 0 fully saturated rings. The first kappa shape index (κ1) is 15.5. The summed E-state index contributed by atoms with van der Waals surface area (Å²) in [5.74, 6) is 5.82. The van der Waals surface area contributed by atoms with Crippen LogP contribution in [0.2, 0.25) is 0 Å². The van der Waals surface area contributed by atoms with E-state index < -0.39 is 0 Å². The van der Waals surface area contributed by atoms with Crippen LogP contribution in [-0.2, 0) is 6.42 Å². The fraction of sp³-hybridized carbons (Fsp3) is 0.333. The molecule has 2 aromatic rings. The molecule has 0 saturated carbocycles. The molecule has 0 heterocycles. The lowest BCUT2D eigenvalue weighted by Crippen LogP contribution is -2.29. The van der Waals surface area contributed by atoms with Crippen LogP contribution in [0.1, 0.15) is 36.1 Å². The second-order valence-electron chi connectivity index (χ2n) is 5.58. The molecule has 21 heavy (non-hydrogen) atoms. The van der Waals surface area contributed by atoms with Crippen LogP contribution in [0.3, 0.4) is 0 Å². The molecule has 0 aromatic heterocycles. The Labute approximate surface area is 127 Å². The van der Waals surface area contributed by atoms with Gasteiger partial charge in [0.2, 0.25) is 0 Å². The van der Waals surface area contributed by atoms with Gasteiger partial charge in [-0.2, -0.15) is 0 Å². The Kier molecular flexibility index (Phi) is 5.37. The van der Waals surface area contributed by atoms with Crippen LogP contribution in [0.5, 0.6) is 0 Å². The molecule has 2 rings (SSSR count). The average Bonchev–Trinajstić information content (AvgIpc) is 2.49. The van der Waals surface area contributed by atoms with Crippen molar-refractivity contribution in [2.75, 3.05) is 19.0 Å². The van der Waals surface area contributed by atoms with Crippen molar-refractivity contribution in [1.29, 1.82) is 0 Å². The molecule has 0 aliphatic rings. The highest BCUT2D eigenvalue weighted by atomic mass is 15.2. The van der Waals surface area contributed by atoms with Gasteiger partial charge in [0, 0.05) is 19.8 Å². The van der Waals surface area contributed by atoms with E-state index in [0.717, 1.165) is 12.8 Å². The summed E-state index contributed by atoms with van der Waals surface area (Å²) in [6.45, 7) is 2.20. The van der Waals surface area contributed by atoms with Crippen LogP contribution >= 0.6 is 0 Å². The van der Waals surface area contributed by atoms with Crippen molar-refractivity contribution in [3.05, 3.63) is 65.2 Å². The van der Waals surface area contributed by atoms with Gasteiger partial charge < -0.3 is 4.90 Å². The minimum Gasteiger partial charge on any atom is -0.378 e. The second-order valence-corrected chi connectivity index (χ2v) is 5.58. The number of rotatable bonds is 6. The molecule has 0 amide bonds. The van der Waals surface area contributed by atoms with Gasteiger partial charge in [-0.1, -0.05) is 49.7 Å². The summed E-state index contributed by atoms with van der Waals surface area (Å²) in [7, 11) is 4.09. The van der Waals surface area contributed by atoms with Crippen molar-refractivity contribution >= 4 is 5.69 Å². The quantitative estimate of drug-likeness (QED) is 0.631. The molecule has 112 valence electrons. The number of nitrogens with one attached hydrogen (secondary N) is 1. The van der Waals surface area contributed by atoms with E-state index in [9.17, 15) is 0 Å². The van der Waals surface area contributed by atoms with E-state index in [-0.39, 0.29) is 6.04 Å². The molecular formula is C18H25N3. The van der Waals surface area contributed by atoms with Gasteiger partial charge in [-0.3, -0.25) is 5.84 Å². The zero-order valence-corrected chi connectivity index (χ0v) is 13.1. The van der Waals surface area contributed by atoms with E-state index in [1.165, 1.54) is 22.4 Å². The Balaban J connectivity index is 2.35. The highest BCUT2D eigenvalue weighted by Gasteiger charge is 2.13. The normalized spacial score (nSPS) is 12.2. The third kappa shape index (κ3) is 3.84. The number of nitrogens with zero attached hydrogens (tertiary/aromatic N) is 1. The summed E-state index contributed by atoms with van der Waals surface area (Å²) in [5.41, 5.74) is 7.88. The van der Waals surface area contributed by atoms with E-state index in [2.05, 4.69) is 65.8 Å². The van der Waals surface area contributed by atoms with E-state index in [0.29, 0.717) is 0 Å². The molecule has 1 unspecified atom stereocenters. The molecule has 1 atom stereocenters. The first-order chi connectivity index (χ1) is 10.2. The zero-order chi connectivity index (χ0) is 15.2. The predicted molar refractivity (Wildman–Crippen MR) is 90.4 cm³/mol. The molecule has 3 heteroatoms. The Hall–Kier alpha value is -1.84. The third-order valence-corrected chi connectivity index (χ3v) is 3.71. The van der Waals surface area contributed by atoms with Gasteiger partial charge in [-0.25, -0.2) is 5.43 Å². The van der Waals surface area contributed by atoms with Gasteiger partial charge in [-0.15, -0.1) is 0 Å². The van der Waals surface area contributed by atoms with Gasteiger partial charge in [0.25, 0.3) is 0 Å². The number of benzene rings is 2. The maximum absolute atomic E-state index is 5.82. The smallest absolute Gasteiger partial charge is 0.0710 e. The average molecular weight is 283 g/mol. The summed E-state index contributed by atoms with van der Waals surface area (Å²) in [4.78, 5) is 2.10. The van der Waals surface area contributed by atoms with Gasteiger partial charge in [0.15, 0.2) is 0 Å². The SMILES string of the molecule is CCCc1cccc(C(NN)c2cccc(N(C)C)c2)c1. The topological polar surface area (TPSA) is 41.3 Å². The fourth-order valence-corrected chi connectivity index (χ4v) is 2.58. The number of anilines is 1. The van der Waals surface area contributed by atoms with Crippen LogP contribution in [0.25, 0.3) is 0 Å². The Morgan fingerprint density at radius 1 is 1.05 bits per heavy atom. The maximum Gasteiger partial charge on any atom is 0.0710 e. The first-order valence-electron chi connectivity index (χ1n) is 7.48. The molecule has 0 bridgehead atoms. The minimum atomic E-state index is 0.0155. The summed E-state index contributed by atoms with van der Waals surface area (Å²) in [6, 6.07) is 17.2. The van der Waals surface area contributed by atoms with Crippen LogP contribution in [-0.4, -0.2) is 14.1 Å². The molecule has 3 nitrogen and oxygen atoms in total. The first-order valence-corrected chi connectivity index (χ1v) is 7.48. The summed E-state index contributed by atoms with van der Waals surface area (Å²) >= 11 is 0. The Morgan fingerprint density at radius 3 is 2.33 bits per heavy atom. The molecule has 2 aromatic carbocycles. The maximum atomic E-state index is 5.82. The van der Waals surface area contributed by atoms with Crippen LogP contribution in [0.4, 0.5) is 5.69 Å². The molecule has 0 aliphatic heterocycles. The monoisotopic (exact) mass is 283 g/mol. The van der Waals surface area contributed by atoms with Gasteiger partial charge in [-0.05, 0) is 35.2 Å². The van der Waals surface area contributed by atoms with Crippen molar-refractivity contribution in [1.82, 2.24) is 5.43 Å². The Morgan fingerprint density at radius 2 is 1.71 bits per heavy atom. The lowest BCUT2D eigenvalue weighted by Gasteiger charge is -2.20. The minimum absolute atomic E-state index is 0.0155. The highest BCUT2D eigenvalue weighted by Crippen LogP contribution is 2.25. The second kappa shape index (κ2) is 7.25. The van der Waals surface area contributed by atoms with E-state index in [4.69, 9.17) is 5.84 Å². The van der Waals surface area contributed by atoms with Gasteiger partial charge in [0.1, 0.15) is 0 Å². The van der Waals surface area contributed by atoms with E-state index >= 15 is 0 Å². The van der Waals surface area contributed by atoms with Crippen molar-refractivity contribution in [3.8, 4) is 0 Å². The molecule has 0 saturated heterocycles. The van der Waals surface area contributed by atoms with E-state index in [1.807, 2.05) is 14.1 Å². The van der Waals surface area contributed by atoms with Crippen LogP contribution in [0, 0.1) is 0 Å². The van der Waals surface area contributed by atoms with Gasteiger partial charge >= 0.3 is 0 Å². The van der Waals surface area contributed by atoms with Crippen LogP contribution in [0.15, 0.2) is 48.5 Å². The molecule has 0 radical (unpaired) electrons. The van der Waals surface area contributed by atoms with Crippen LogP contribution < -0.4 is 16.2 Å². The zero-order valence-electron chi connectivity index (χ0n) is 13.1. The molecule has 3 N–H and O–H groups in total. The van der Waals surface area contributed by atoms with E-state index in [1.54, 1.807) is 0 Å². The number of hydrogen-bond acceptors (Lipinski definition) is 3. The number of hydrogen-bond donors (Lipinski definition) is 2. The highest BCUT2D eigenvalue weighted by molar-refractivity contribution is 5.49. The van der Waals surface area contributed by atoms with Crippen molar-refractivity contribution in [2.45, 2.75) is 25.8 Å². The fourth-order valence-electron chi connectivity index (χ4n) is 2.58. The summed E-state index contributed by atoms with van der Waals surface area (Å²) in [5, 5.41) is 0. The third-order valence-electron chi connectivity index (χ3n) is 3.71. The summed E-state index contributed by atoms with van der Waals surface area (Å²) in [6.07, 6.45) is 2.25. The molecule has 0 aliphatic carbocycles. The van der Waals surface area contributed by atoms with Crippen molar-refractivity contribution < 1.29 is 0 Å². The molecular weight excluding hydrogens is 258 g/mol. The molecule has 0 spiro atoms.